The highest BCUT2D eigenvalue weighted by Crippen LogP contribution is 2.48. The van der Waals surface area contributed by atoms with Gasteiger partial charge < -0.3 is 75.6 Å². The number of fused-ring (bicyclic) bond motifs is 5. The summed E-state index contributed by atoms with van der Waals surface area (Å²) in [7, 11) is 0. The van der Waals surface area contributed by atoms with Crippen molar-refractivity contribution in [1.29, 1.82) is 0 Å². The third kappa shape index (κ3) is 28.0. The fourth-order valence-electron chi connectivity index (χ4n) is 21.1. The SMILES string of the molecule is Cc1ccc(CCCC(=S)N2CCc3cc(O)c(O)cc3C2C(C)C)c(Cl)c1.Cc1ccc(CCCC(=S)N2CCc3cc(O)c(O)cc3C2c2ccccc2)c(Cl)c1.Cc1ccc(CCCC(=S)N2CCc3cc(O)c(O)cc3C2c2ccccc2)cc1.Cc1ccc(CCCC(=S)N2CCc3cc(O)c(O)cc3C2c2ccccc2)cc1.Oc1cc2c(cc1O)C(c1ccccc1)N(C(=S)CCCc1ccccc1)CC2. The van der Waals surface area contributed by atoms with E-state index in [9.17, 15) is 51.1 Å². The van der Waals surface area contributed by atoms with Crippen molar-refractivity contribution in [2.75, 3.05) is 32.7 Å². The second-order valence-electron chi connectivity index (χ2n) is 39.7. The Morgan fingerprint density at radius 1 is 0.257 bits per heavy atom. The van der Waals surface area contributed by atoms with Gasteiger partial charge in [0, 0.05) is 42.8 Å². The molecule has 19 rings (SSSR count). The number of benzene rings is 14. The summed E-state index contributed by atoms with van der Waals surface area (Å²) in [4.78, 5) is 16.2. The van der Waals surface area contributed by atoms with Crippen LogP contribution < -0.4 is 0 Å². The summed E-state index contributed by atoms with van der Waals surface area (Å²) >= 11 is 42.1. The Morgan fingerprint density at radius 3 is 0.736 bits per heavy atom. The number of nitrogens with zero attached hydrogens (tertiary/aromatic N) is 5. The Labute approximate surface area is 909 Å². The van der Waals surface area contributed by atoms with Gasteiger partial charge in [0.25, 0.3) is 0 Å². The van der Waals surface area contributed by atoms with E-state index in [1.54, 1.807) is 60.7 Å². The average molecular weight is 2110 g/mol. The molecule has 14 aromatic rings. The molecule has 0 fully saturated rings. The maximum absolute atomic E-state index is 10.2. The lowest BCUT2D eigenvalue weighted by atomic mass is 9.85. The zero-order valence-corrected chi connectivity index (χ0v) is 90.5. The third-order valence-electron chi connectivity index (χ3n) is 28.8. The molecule has 5 atom stereocenters. The number of phenolic OH excluding ortho intramolecular Hbond substituents is 10. The molecule has 0 aromatic heterocycles. The van der Waals surface area contributed by atoms with Gasteiger partial charge in [-0.3, -0.25) is 0 Å². The van der Waals surface area contributed by atoms with Crippen LogP contribution in [-0.4, -0.2) is 133 Å². The van der Waals surface area contributed by atoms with Crippen LogP contribution in [0.15, 0.2) is 297 Å². The molecule has 10 N–H and O–H groups in total. The van der Waals surface area contributed by atoms with Gasteiger partial charge in [-0.05, 0) is 352 Å². The fourth-order valence-corrected chi connectivity index (χ4v) is 23.5. The summed E-state index contributed by atoms with van der Waals surface area (Å²) in [6, 6.07) is 98.1. The van der Waals surface area contributed by atoms with Crippen molar-refractivity contribution >= 4 is 109 Å². The molecular formula is C126H133Cl2N5O10S5. The summed E-state index contributed by atoms with van der Waals surface area (Å²) in [6.07, 6.45) is 17.9. The van der Waals surface area contributed by atoms with Crippen LogP contribution in [-0.2, 0) is 64.2 Å². The Hall–Kier alpha value is -12.9. The zero-order valence-electron chi connectivity index (χ0n) is 84.9. The summed E-state index contributed by atoms with van der Waals surface area (Å²) in [5, 5.41) is 102. The van der Waals surface area contributed by atoms with E-state index in [4.69, 9.17) is 84.3 Å². The first-order valence-corrected chi connectivity index (χ1v) is 54.3. The second kappa shape index (κ2) is 51.8. The van der Waals surface area contributed by atoms with Gasteiger partial charge in [0.05, 0.1) is 55.2 Å². The van der Waals surface area contributed by atoms with Gasteiger partial charge in [-0.25, -0.2) is 0 Å². The van der Waals surface area contributed by atoms with Crippen LogP contribution in [0.4, 0.5) is 0 Å². The molecule has 22 heteroatoms. The summed E-state index contributed by atoms with van der Waals surface area (Å²) < 4.78 is 0. The Bertz CT molecular complexity index is 6780. The van der Waals surface area contributed by atoms with E-state index < -0.39 is 0 Å². The first-order valence-electron chi connectivity index (χ1n) is 51.5. The average Bonchev–Trinajstić information content (AvgIpc) is 0.790. The monoisotopic (exact) mass is 2110 g/mol. The van der Waals surface area contributed by atoms with Gasteiger partial charge in [-0.2, -0.15) is 0 Å². The normalized spacial score (nSPS) is 15.8. The minimum atomic E-state index is -0.0959. The first kappa shape index (κ1) is 109. The minimum Gasteiger partial charge on any atom is -0.504 e. The van der Waals surface area contributed by atoms with Crippen LogP contribution in [0.3, 0.4) is 0 Å². The molecule has 0 radical (unpaired) electrons. The highest BCUT2D eigenvalue weighted by Gasteiger charge is 2.38. The maximum atomic E-state index is 10.2. The maximum Gasteiger partial charge on any atom is 0.157 e. The highest BCUT2D eigenvalue weighted by atomic mass is 35.5. The number of halogens is 2. The van der Waals surface area contributed by atoms with Crippen LogP contribution in [0.2, 0.25) is 10.0 Å². The van der Waals surface area contributed by atoms with Crippen LogP contribution in [0.5, 0.6) is 57.5 Å². The summed E-state index contributed by atoms with van der Waals surface area (Å²) in [5.41, 5.74) is 26.2. The molecule has 5 unspecified atom stereocenters. The smallest absolute Gasteiger partial charge is 0.157 e. The number of hydrogen-bond acceptors (Lipinski definition) is 15. The van der Waals surface area contributed by atoms with E-state index in [0.717, 1.165) is 285 Å². The topological polar surface area (TPSA) is 218 Å². The molecule has 5 aliphatic heterocycles. The molecule has 0 amide bonds. The van der Waals surface area contributed by atoms with Crippen molar-refractivity contribution in [3.05, 3.63) is 435 Å². The zero-order chi connectivity index (χ0) is 105. The van der Waals surface area contributed by atoms with Crippen molar-refractivity contribution in [1.82, 2.24) is 24.5 Å². The van der Waals surface area contributed by atoms with Gasteiger partial charge >= 0.3 is 0 Å². The van der Waals surface area contributed by atoms with E-state index in [1.807, 2.05) is 105 Å². The molecule has 0 saturated carbocycles. The number of rotatable bonds is 25. The Balaban J connectivity index is 0.000000139. The van der Waals surface area contributed by atoms with E-state index in [0.29, 0.717) is 5.92 Å². The first-order chi connectivity index (χ1) is 71.4. The molecule has 148 heavy (non-hydrogen) atoms. The third-order valence-corrected chi connectivity index (χ3v) is 31.7. The van der Waals surface area contributed by atoms with Crippen LogP contribution in [0.1, 0.15) is 236 Å². The molecule has 14 aromatic carbocycles. The number of aromatic hydroxyl groups is 10. The Morgan fingerprint density at radius 2 is 0.473 bits per heavy atom. The van der Waals surface area contributed by atoms with Gasteiger partial charge in [0.15, 0.2) is 57.5 Å². The van der Waals surface area contributed by atoms with Gasteiger partial charge in [0.1, 0.15) is 0 Å². The standard InChI is InChI=1S/C26H26ClNO2S.2C26H27NO2S.C25H25NO2S.C23H28ClNO2S/c1-17-10-11-18(22(27)14-17)8-5-9-25(31)28-13-12-20-15-23(29)24(30)16-21(20)26(28)19-6-3-2-4-7-19;2*1-18-10-12-19(13-11-18)6-5-9-25(30)27-15-14-21-16-23(28)24(29)17-22(21)26(27)20-7-3-2-4-8-20;27-22-16-20-14-15-26(24(29)13-7-10-18-8-3-1-4-9-18)25(21(20)17-23(22)28)19-11-5-2-6-12-19;1-14(2)23-18-13-21(27)20(26)12-17(18)9-10-25(23)22(28)6-4-5-16-8-7-15(3)11-19(16)24/h2-4,6-7,10-11,14-16,26,29-30H,5,8-9,12-13H2,1H3;2*2-4,7-8,10-13,16-17,26,28-29H,5-6,9,14-15H2,1H3;1-6,8-9,11-12,16-17,25,27-28H,7,10,13-15H2;7-8,11-14,23,26-27H,4-6,9-10H2,1-3H3. The highest BCUT2D eigenvalue weighted by molar-refractivity contribution is 7.81. The second-order valence-corrected chi connectivity index (χ2v) is 42.9. The molecular weight excluding hydrogens is 1970 g/mol. The van der Waals surface area contributed by atoms with Crippen molar-refractivity contribution in [2.24, 2.45) is 5.92 Å². The largest absolute Gasteiger partial charge is 0.504 e. The van der Waals surface area contributed by atoms with Crippen LogP contribution in [0.25, 0.3) is 0 Å². The molecule has 15 nitrogen and oxygen atoms in total. The fraction of sp³-hybridized carbons (Fsp3) is 0.294. The number of aryl methyl sites for hydroxylation is 9. The molecule has 5 heterocycles. The van der Waals surface area contributed by atoms with Gasteiger partial charge in [-0.15, -0.1) is 0 Å². The van der Waals surface area contributed by atoms with Crippen molar-refractivity contribution in [2.45, 2.75) is 200 Å². The van der Waals surface area contributed by atoms with Gasteiger partial charge in [0.2, 0.25) is 0 Å². The van der Waals surface area contributed by atoms with E-state index in [2.05, 4.69) is 198 Å². The lowest BCUT2D eigenvalue weighted by molar-refractivity contribution is 0.235. The van der Waals surface area contributed by atoms with Crippen molar-refractivity contribution < 1.29 is 51.1 Å². The number of thiocarbonyl (C=S) groups is 5. The summed E-state index contributed by atoms with van der Waals surface area (Å²) in [5.74, 6) is -0.368. The molecule has 0 saturated heterocycles. The molecule has 0 aliphatic carbocycles. The lowest BCUT2D eigenvalue weighted by Crippen LogP contribution is -2.41. The molecule has 0 spiro atoms. The number of phenols is 10. The Kier molecular flexibility index (Phi) is 38.3. The molecule has 0 bridgehead atoms. The van der Waals surface area contributed by atoms with Crippen LogP contribution >= 0.6 is 84.3 Å². The number of hydrogen-bond donors (Lipinski definition) is 10. The van der Waals surface area contributed by atoms with E-state index in [1.165, 1.54) is 38.9 Å². The van der Waals surface area contributed by atoms with Crippen molar-refractivity contribution in [3.8, 4) is 57.5 Å². The van der Waals surface area contributed by atoms with Gasteiger partial charge in [-0.1, -0.05) is 334 Å². The lowest BCUT2D eigenvalue weighted by Gasteiger charge is -2.41. The predicted molar refractivity (Wildman–Crippen MR) is 620 cm³/mol. The minimum absolute atomic E-state index is 0.0457. The quantitative estimate of drug-likeness (QED) is 0.0190. The molecule has 766 valence electrons. The predicted octanol–water partition coefficient (Wildman–Crippen LogP) is 29.1. The van der Waals surface area contributed by atoms with E-state index >= 15 is 0 Å². The van der Waals surface area contributed by atoms with E-state index in [-0.39, 0.29) is 87.7 Å². The molecule has 5 aliphatic rings. The van der Waals surface area contributed by atoms with Crippen LogP contribution in [0, 0.1) is 33.6 Å². The summed E-state index contributed by atoms with van der Waals surface area (Å²) in [6.45, 7) is 16.7. The van der Waals surface area contributed by atoms with Crippen molar-refractivity contribution in [3.63, 3.8) is 0 Å².